The van der Waals surface area contributed by atoms with E-state index in [1.807, 2.05) is 0 Å². The van der Waals surface area contributed by atoms with Crippen molar-refractivity contribution in [3.8, 4) is 0 Å². The van der Waals surface area contributed by atoms with Crippen molar-refractivity contribution in [2.24, 2.45) is 5.92 Å². The standard InChI is InChI=1S/C12H13F3O/c13-9-6-11(15)10(14)5-8(9)12(16)4-3-7-1-2-7/h5-7,12,16H,1-4H2. The minimum absolute atomic E-state index is 0.153. The molecule has 0 aromatic heterocycles. The molecule has 88 valence electrons. The van der Waals surface area contributed by atoms with Gasteiger partial charge in [-0.1, -0.05) is 12.8 Å². The van der Waals surface area contributed by atoms with Crippen LogP contribution in [0.3, 0.4) is 0 Å². The van der Waals surface area contributed by atoms with Crippen molar-refractivity contribution in [3.05, 3.63) is 35.1 Å². The van der Waals surface area contributed by atoms with Crippen LogP contribution < -0.4 is 0 Å². The zero-order valence-electron chi connectivity index (χ0n) is 8.72. The fourth-order valence-electron chi connectivity index (χ4n) is 1.75. The second-order valence-corrected chi connectivity index (χ2v) is 4.32. The molecule has 2 rings (SSSR count). The smallest absolute Gasteiger partial charge is 0.161 e. The molecule has 0 heterocycles. The van der Waals surface area contributed by atoms with Gasteiger partial charge in [0.05, 0.1) is 6.10 Å². The molecule has 1 nitrogen and oxygen atoms in total. The summed E-state index contributed by atoms with van der Waals surface area (Å²) in [5.41, 5.74) is -0.153. The Kier molecular flexibility index (Phi) is 3.19. The average molecular weight is 230 g/mol. The van der Waals surface area contributed by atoms with Gasteiger partial charge in [-0.25, -0.2) is 13.2 Å². The highest BCUT2D eigenvalue weighted by Gasteiger charge is 2.24. The molecule has 1 unspecified atom stereocenters. The van der Waals surface area contributed by atoms with Crippen molar-refractivity contribution in [1.82, 2.24) is 0 Å². The molecule has 0 bridgehead atoms. The van der Waals surface area contributed by atoms with Crippen LogP contribution in [-0.4, -0.2) is 5.11 Å². The summed E-state index contributed by atoms with van der Waals surface area (Å²) < 4.78 is 38.8. The van der Waals surface area contributed by atoms with Gasteiger partial charge in [-0.3, -0.25) is 0 Å². The number of hydrogen-bond acceptors (Lipinski definition) is 1. The average Bonchev–Trinajstić information content (AvgIpc) is 3.03. The first-order valence-electron chi connectivity index (χ1n) is 5.40. The van der Waals surface area contributed by atoms with Crippen LogP contribution in [0.2, 0.25) is 0 Å². The molecule has 0 saturated heterocycles. The van der Waals surface area contributed by atoms with Gasteiger partial charge in [0.25, 0.3) is 0 Å². The van der Waals surface area contributed by atoms with Gasteiger partial charge < -0.3 is 5.11 Å². The van der Waals surface area contributed by atoms with E-state index in [1.54, 1.807) is 0 Å². The number of benzene rings is 1. The molecule has 1 saturated carbocycles. The van der Waals surface area contributed by atoms with E-state index in [-0.39, 0.29) is 5.56 Å². The zero-order chi connectivity index (χ0) is 11.7. The molecule has 1 aromatic rings. The maximum atomic E-state index is 13.3. The maximum Gasteiger partial charge on any atom is 0.161 e. The molecule has 0 radical (unpaired) electrons. The molecular weight excluding hydrogens is 217 g/mol. The summed E-state index contributed by atoms with van der Waals surface area (Å²) in [6, 6.07) is 1.22. The normalized spacial score (nSPS) is 17.5. The van der Waals surface area contributed by atoms with Gasteiger partial charge in [-0.2, -0.15) is 0 Å². The Morgan fingerprint density at radius 2 is 1.75 bits per heavy atom. The topological polar surface area (TPSA) is 20.2 Å². The first-order chi connectivity index (χ1) is 7.58. The van der Waals surface area contributed by atoms with Gasteiger partial charge in [-0.05, 0) is 24.8 Å². The summed E-state index contributed by atoms with van der Waals surface area (Å²) in [5, 5.41) is 9.66. The highest BCUT2D eigenvalue weighted by molar-refractivity contribution is 5.22. The van der Waals surface area contributed by atoms with Crippen LogP contribution in [0.1, 0.15) is 37.4 Å². The molecule has 16 heavy (non-hydrogen) atoms. The van der Waals surface area contributed by atoms with E-state index >= 15 is 0 Å². The highest BCUT2D eigenvalue weighted by Crippen LogP contribution is 2.36. The maximum absolute atomic E-state index is 13.3. The SMILES string of the molecule is OC(CCC1CC1)c1cc(F)c(F)cc1F. The van der Waals surface area contributed by atoms with Crippen LogP contribution in [0.4, 0.5) is 13.2 Å². The largest absolute Gasteiger partial charge is 0.388 e. The molecule has 1 atom stereocenters. The number of halogens is 3. The molecule has 0 spiro atoms. The Morgan fingerprint density at radius 3 is 2.38 bits per heavy atom. The van der Waals surface area contributed by atoms with Crippen LogP contribution in [0.5, 0.6) is 0 Å². The van der Waals surface area contributed by atoms with Gasteiger partial charge >= 0.3 is 0 Å². The van der Waals surface area contributed by atoms with Crippen LogP contribution in [0.15, 0.2) is 12.1 Å². The van der Waals surface area contributed by atoms with Crippen molar-refractivity contribution >= 4 is 0 Å². The summed E-state index contributed by atoms with van der Waals surface area (Å²) in [7, 11) is 0. The van der Waals surface area contributed by atoms with Gasteiger partial charge in [0.2, 0.25) is 0 Å². The third-order valence-corrected chi connectivity index (χ3v) is 2.94. The van der Waals surface area contributed by atoms with Crippen molar-refractivity contribution in [3.63, 3.8) is 0 Å². The van der Waals surface area contributed by atoms with E-state index in [9.17, 15) is 18.3 Å². The van der Waals surface area contributed by atoms with Crippen LogP contribution >= 0.6 is 0 Å². The summed E-state index contributed by atoms with van der Waals surface area (Å²) in [6.07, 6.45) is 2.45. The summed E-state index contributed by atoms with van der Waals surface area (Å²) >= 11 is 0. The van der Waals surface area contributed by atoms with Gasteiger partial charge in [0.15, 0.2) is 11.6 Å². The molecule has 1 N–H and O–H groups in total. The van der Waals surface area contributed by atoms with Crippen LogP contribution in [0.25, 0.3) is 0 Å². The van der Waals surface area contributed by atoms with Crippen LogP contribution in [0, 0.1) is 23.4 Å². The molecule has 1 aliphatic carbocycles. The first kappa shape index (κ1) is 11.5. The third kappa shape index (κ3) is 2.55. The molecule has 0 aliphatic heterocycles. The Morgan fingerprint density at radius 1 is 1.12 bits per heavy atom. The van der Waals surface area contributed by atoms with Gasteiger partial charge in [0, 0.05) is 11.6 Å². The van der Waals surface area contributed by atoms with Crippen molar-refractivity contribution in [2.45, 2.75) is 31.8 Å². The lowest BCUT2D eigenvalue weighted by atomic mass is 10.0. The lowest BCUT2D eigenvalue weighted by Crippen LogP contribution is -2.03. The van der Waals surface area contributed by atoms with Crippen molar-refractivity contribution < 1.29 is 18.3 Å². The molecule has 4 heteroatoms. The van der Waals surface area contributed by atoms with Crippen LogP contribution in [-0.2, 0) is 0 Å². The Balaban J connectivity index is 2.08. The lowest BCUT2D eigenvalue weighted by Gasteiger charge is -2.11. The first-order valence-corrected chi connectivity index (χ1v) is 5.40. The minimum Gasteiger partial charge on any atom is -0.388 e. The van der Waals surface area contributed by atoms with Gasteiger partial charge in [-0.15, -0.1) is 0 Å². The predicted molar refractivity (Wildman–Crippen MR) is 53.2 cm³/mol. The van der Waals surface area contributed by atoms with E-state index in [0.717, 1.165) is 25.3 Å². The van der Waals surface area contributed by atoms with E-state index in [4.69, 9.17) is 0 Å². The predicted octanol–water partition coefficient (Wildman–Crippen LogP) is 3.33. The molecular formula is C12H13F3O. The summed E-state index contributed by atoms with van der Waals surface area (Å²) in [5.74, 6) is -2.62. The Hall–Kier alpha value is -1.03. The fraction of sp³-hybridized carbons (Fsp3) is 0.500. The molecule has 1 aromatic carbocycles. The number of aliphatic hydroxyl groups is 1. The van der Waals surface area contributed by atoms with E-state index in [1.165, 1.54) is 0 Å². The summed E-state index contributed by atoms with van der Waals surface area (Å²) in [6.45, 7) is 0. The van der Waals surface area contributed by atoms with Crippen molar-refractivity contribution in [2.75, 3.05) is 0 Å². The monoisotopic (exact) mass is 230 g/mol. The molecule has 0 amide bonds. The molecule has 1 fully saturated rings. The third-order valence-electron chi connectivity index (χ3n) is 2.94. The van der Waals surface area contributed by atoms with E-state index in [2.05, 4.69) is 0 Å². The quantitative estimate of drug-likeness (QED) is 0.786. The second-order valence-electron chi connectivity index (χ2n) is 4.32. The highest BCUT2D eigenvalue weighted by atomic mass is 19.2. The van der Waals surface area contributed by atoms with E-state index in [0.29, 0.717) is 18.4 Å². The second kappa shape index (κ2) is 4.45. The minimum atomic E-state index is -1.23. The number of aliphatic hydroxyl groups excluding tert-OH is 1. The Bertz CT molecular complexity index is 388. The number of hydrogen-bond donors (Lipinski definition) is 1. The van der Waals surface area contributed by atoms with E-state index < -0.39 is 23.6 Å². The fourth-order valence-corrected chi connectivity index (χ4v) is 1.75. The molecule has 1 aliphatic rings. The van der Waals surface area contributed by atoms with Crippen molar-refractivity contribution in [1.29, 1.82) is 0 Å². The zero-order valence-corrected chi connectivity index (χ0v) is 8.72. The number of rotatable bonds is 4. The summed E-state index contributed by atoms with van der Waals surface area (Å²) in [4.78, 5) is 0. The lowest BCUT2D eigenvalue weighted by molar-refractivity contribution is 0.157. The van der Waals surface area contributed by atoms with Gasteiger partial charge in [0.1, 0.15) is 5.82 Å². The Labute approximate surface area is 91.9 Å².